The highest BCUT2D eigenvalue weighted by Gasteiger charge is 2.46. The number of aliphatic carboxylic acids is 2. The first kappa shape index (κ1) is 24.9. The van der Waals surface area contributed by atoms with Gasteiger partial charge in [0.15, 0.2) is 0 Å². The van der Waals surface area contributed by atoms with Crippen molar-refractivity contribution in [1.29, 1.82) is 5.26 Å². The number of nitrogens with two attached hydrogens (primary N) is 1. The summed E-state index contributed by atoms with van der Waals surface area (Å²) < 4.78 is 5.34. The molecule has 0 aromatic heterocycles. The average Bonchev–Trinajstić information content (AvgIpc) is 2.87. The second-order valence-corrected chi connectivity index (χ2v) is 8.08. The van der Waals surface area contributed by atoms with Gasteiger partial charge in [-0.05, 0) is 48.8 Å². The van der Waals surface area contributed by atoms with Gasteiger partial charge in [0.05, 0.1) is 28.5 Å². The highest BCUT2D eigenvalue weighted by molar-refractivity contribution is 6.01. The zero-order valence-corrected chi connectivity index (χ0v) is 18.9. The first-order chi connectivity index (χ1) is 16.7. The van der Waals surface area contributed by atoms with Crippen molar-refractivity contribution in [2.75, 3.05) is 0 Å². The number of aromatic hydroxyl groups is 1. The van der Waals surface area contributed by atoms with Crippen molar-refractivity contribution in [2.45, 2.75) is 19.8 Å². The van der Waals surface area contributed by atoms with E-state index in [-0.39, 0.29) is 34.6 Å². The molecule has 1 atom stereocenters. The number of hydrogen-bond acceptors (Lipinski definition) is 6. The second kappa shape index (κ2) is 10.4. The maximum Gasteiger partial charge on any atom is 0.333 e. The predicted octanol–water partition coefficient (Wildman–Crippen LogP) is 4.42. The summed E-state index contributed by atoms with van der Waals surface area (Å²) in [5.41, 5.74) is 5.12. The summed E-state index contributed by atoms with van der Waals surface area (Å²) in [4.78, 5) is 23.1. The molecule has 4 rings (SSSR count). The van der Waals surface area contributed by atoms with Crippen LogP contribution < -0.4 is 5.73 Å². The van der Waals surface area contributed by atoms with Crippen molar-refractivity contribution in [3.63, 3.8) is 0 Å². The summed E-state index contributed by atoms with van der Waals surface area (Å²) in [6.07, 6.45) is 6.43. The molecule has 5 N–H and O–H groups in total. The monoisotopic (exact) mass is 472 g/mol. The molecule has 2 aromatic carbocycles. The zero-order valence-electron chi connectivity index (χ0n) is 18.9. The van der Waals surface area contributed by atoms with Crippen LogP contribution in [0.4, 0.5) is 0 Å². The first-order valence-corrected chi connectivity index (χ1v) is 10.7. The molecule has 0 fully saturated rings. The third-order valence-corrected chi connectivity index (χ3v) is 5.71. The normalized spacial score (nSPS) is 19.0. The van der Waals surface area contributed by atoms with Gasteiger partial charge in [-0.25, -0.2) is 4.79 Å². The number of carboxylic acid groups (broad SMARTS) is 2. The third-order valence-electron chi connectivity index (χ3n) is 5.71. The summed E-state index contributed by atoms with van der Waals surface area (Å²) in [6.45, 7) is 1.35. The van der Waals surface area contributed by atoms with Gasteiger partial charge in [-0.3, -0.25) is 4.79 Å². The number of carbonyl (C=O) groups is 2. The molecule has 0 bridgehead atoms. The standard InChI is InChI=1S/C16H14N2O5.C11H10O/c1-16(15(22)23)6-10(14(20)21)13(18)11(7-17)12(16)8-2-4-9(19)5-3-8;1-2-6-10(7-3-1)11-8-4-5-9-12-11/h2-5,19H,6,18H2,1H3,(H,20,21)(H,22,23);1-3,5-9H,4H2. The lowest BCUT2D eigenvalue weighted by molar-refractivity contribution is -0.144. The Balaban J connectivity index is 0.000000237. The Bertz CT molecular complexity index is 1300. The van der Waals surface area contributed by atoms with Crippen molar-refractivity contribution in [1.82, 2.24) is 0 Å². The molecule has 178 valence electrons. The lowest BCUT2D eigenvalue weighted by atomic mass is 9.68. The number of nitriles is 1. The van der Waals surface area contributed by atoms with Crippen molar-refractivity contribution in [3.8, 4) is 11.8 Å². The summed E-state index contributed by atoms with van der Waals surface area (Å²) in [7, 11) is 0. The Hall–Kier alpha value is -4.77. The predicted molar refractivity (Wildman–Crippen MR) is 129 cm³/mol. The first-order valence-electron chi connectivity index (χ1n) is 10.7. The number of phenols is 1. The van der Waals surface area contributed by atoms with Crippen molar-refractivity contribution in [3.05, 3.63) is 101 Å². The molecule has 8 nitrogen and oxygen atoms in total. The van der Waals surface area contributed by atoms with Crippen LogP contribution in [0.1, 0.15) is 30.9 Å². The number of nitrogens with zero attached hydrogens (tertiary/aromatic N) is 1. The minimum absolute atomic E-state index is 0.0181. The van der Waals surface area contributed by atoms with E-state index in [1.165, 1.54) is 31.2 Å². The Morgan fingerprint density at radius 3 is 2.23 bits per heavy atom. The third kappa shape index (κ3) is 5.25. The van der Waals surface area contributed by atoms with Crippen LogP contribution in [-0.4, -0.2) is 27.3 Å². The average molecular weight is 472 g/mol. The fourth-order valence-electron chi connectivity index (χ4n) is 3.87. The van der Waals surface area contributed by atoms with E-state index in [0.29, 0.717) is 5.56 Å². The van der Waals surface area contributed by atoms with Gasteiger partial charge in [0.1, 0.15) is 17.6 Å². The zero-order chi connectivity index (χ0) is 25.6. The van der Waals surface area contributed by atoms with E-state index < -0.39 is 17.4 Å². The van der Waals surface area contributed by atoms with E-state index in [9.17, 15) is 30.2 Å². The molecule has 0 amide bonds. The highest BCUT2D eigenvalue weighted by atomic mass is 16.5. The van der Waals surface area contributed by atoms with Gasteiger partial charge >= 0.3 is 11.9 Å². The van der Waals surface area contributed by atoms with E-state index in [1.807, 2.05) is 42.5 Å². The van der Waals surface area contributed by atoms with Crippen LogP contribution >= 0.6 is 0 Å². The number of ether oxygens (including phenoxy) is 1. The largest absolute Gasteiger partial charge is 0.508 e. The fraction of sp³-hybridized carbons (Fsp3) is 0.148. The summed E-state index contributed by atoms with van der Waals surface area (Å²) in [6, 6.07) is 17.6. The van der Waals surface area contributed by atoms with E-state index in [1.54, 1.807) is 6.26 Å². The molecule has 2 aliphatic rings. The number of phenolic OH excluding ortho intramolecular Hbond substituents is 1. The van der Waals surface area contributed by atoms with E-state index in [0.717, 1.165) is 17.7 Å². The number of carboxylic acids is 2. The molecular weight excluding hydrogens is 448 g/mol. The highest BCUT2D eigenvalue weighted by Crippen LogP contribution is 2.47. The van der Waals surface area contributed by atoms with Gasteiger partial charge < -0.3 is 25.8 Å². The van der Waals surface area contributed by atoms with Crippen molar-refractivity contribution < 1.29 is 29.6 Å². The van der Waals surface area contributed by atoms with Gasteiger partial charge in [0, 0.05) is 12.0 Å². The topological polar surface area (TPSA) is 154 Å². The van der Waals surface area contributed by atoms with E-state index >= 15 is 0 Å². The number of allylic oxidation sites excluding steroid dienone is 3. The Morgan fingerprint density at radius 2 is 1.71 bits per heavy atom. The Labute approximate surface area is 202 Å². The minimum atomic E-state index is -1.63. The summed E-state index contributed by atoms with van der Waals surface area (Å²) in [5.74, 6) is -1.68. The maximum absolute atomic E-state index is 11.8. The lowest BCUT2D eigenvalue weighted by Crippen LogP contribution is -2.36. The Morgan fingerprint density at radius 1 is 1.06 bits per heavy atom. The van der Waals surface area contributed by atoms with Crippen LogP contribution in [0, 0.1) is 16.7 Å². The molecule has 0 radical (unpaired) electrons. The summed E-state index contributed by atoms with van der Waals surface area (Å²) in [5, 5.41) is 37.6. The molecule has 0 saturated carbocycles. The SMILES string of the molecule is C1=COC(c2ccccc2)=CC1.CC1(C(=O)O)CC(C(=O)O)=C(N)C(C#N)=C1c1ccc(O)cc1. The van der Waals surface area contributed by atoms with Gasteiger partial charge in [0.2, 0.25) is 0 Å². The molecule has 1 heterocycles. The van der Waals surface area contributed by atoms with E-state index in [2.05, 4.69) is 6.08 Å². The van der Waals surface area contributed by atoms with Crippen LogP contribution in [0.2, 0.25) is 0 Å². The molecule has 1 aliphatic carbocycles. The van der Waals surface area contributed by atoms with Crippen LogP contribution in [0.25, 0.3) is 11.3 Å². The summed E-state index contributed by atoms with van der Waals surface area (Å²) >= 11 is 0. The van der Waals surface area contributed by atoms with Gasteiger partial charge in [-0.1, -0.05) is 42.5 Å². The molecule has 1 aliphatic heterocycles. The van der Waals surface area contributed by atoms with Crippen molar-refractivity contribution in [2.24, 2.45) is 11.1 Å². The van der Waals surface area contributed by atoms with Crippen LogP contribution in [0.3, 0.4) is 0 Å². The second-order valence-electron chi connectivity index (χ2n) is 8.08. The molecule has 35 heavy (non-hydrogen) atoms. The van der Waals surface area contributed by atoms with E-state index in [4.69, 9.17) is 10.5 Å². The smallest absolute Gasteiger partial charge is 0.333 e. The molecule has 2 aromatic rings. The number of benzene rings is 2. The van der Waals surface area contributed by atoms with Crippen LogP contribution in [0.5, 0.6) is 5.75 Å². The molecular formula is C27H24N2O6. The molecule has 0 saturated heterocycles. The fourth-order valence-corrected chi connectivity index (χ4v) is 3.87. The number of rotatable bonds is 4. The van der Waals surface area contributed by atoms with Gasteiger partial charge in [-0.15, -0.1) is 0 Å². The van der Waals surface area contributed by atoms with Gasteiger partial charge in [-0.2, -0.15) is 5.26 Å². The molecule has 0 spiro atoms. The van der Waals surface area contributed by atoms with Crippen LogP contribution in [0.15, 0.2) is 89.9 Å². The quantitative estimate of drug-likeness (QED) is 0.510. The molecule has 1 unspecified atom stereocenters. The van der Waals surface area contributed by atoms with Gasteiger partial charge in [0.25, 0.3) is 0 Å². The lowest BCUT2D eigenvalue weighted by Gasteiger charge is -2.33. The molecule has 8 heteroatoms. The van der Waals surface area contributed by atoms with Crippen molar-refractivity contribution >= 4 is 23.3 Å². The van der Waals surface area contributed by atoms with Crippen LogP contribution in [-0.2, 0) is 14.3 Å². The maximum atomic E-state index is 11.8. The number of hydrogen-bond donors (Lipinski definition) is 4. The minimum Gasteiger partial charge on any atom is -0.508 e. The Kier molecular flexibility index (Phi) is 7.42.